The summed E-state index contributed by atoms with van der Waals surface area (Å²) in [5.74, 6) is -1.10. The molecule has 24 heavy (non-hydrogen) atoms. The first kappa shape index (κ1) is 20.5. The zero-order chi connectivity index (χ0) is 18.3. The number of benzene rings is 1. The monoisotopic (exact) mass is 409 g/mol. The van der Waals surface area contributed by atoms with Gasteiger partial charge < -0.3 is 20.7 Å². The number of ether oxygens (including phenoxy) is 1. The Kier molecular flexibility index (Phi) is 7.75. The van der Waals surface area contributed by atoms with Crippen molar-refractivity contribution < 1.29 is 14.3 Å². The summed E-state index contributed by atoms with van der Waals surface area (Å²) >= 11 is 22.6. The number of rotatable bonds is 5. The molecule has 1 aromatic rings. The molecule has 130 valence electrons. The van der Waals surface area contributed by atoms with Crippen LogP contribution in [-0.4, -0.2) is 34.1 Å². The molecule has 0 saturated carbocycles. The van der Waals surface area contributed by atoms with Crippen molar-refractivity contribution >= 4 is 69.7 Å². The average Bonchev–Trinajstić information content (AvgIpc) is 2.52. The summed E-state index contributed by atoms with van der Waals surface area (Å²) in [6.45, 7) is 3.31. The van der Waals surface area contributed by atoms with Crippen molar-refractivity contribution in [3.05, 3.63) is 42.5 Å². The van der Waals surface area contributed by atoms with Gasteiger partial charge in [-0.1, -0.05) is 53.5 Å². The highest BCUT2D eigenvalue weighted by Crippen LogP contribution is 2.29. The molecular weight excluding hydrogens is 397 g/mol. The predicted molar refractivity (Wildman–Crippen MR) is 99.6 cm³/mol. The lowest BCUT2D eigenvalue weighted by atomic mass is 10.2. The van der Waals surface area contributed by atoms with Crippen LogP contribution < -0.4 is 16.0 Å². The van der Waals surface area contributed by atoms with Gasteiger partial charge in [-0.3, -0.25) is 4.79 Å². The molecule has 0 heterocycles. The van der Waals surface area contributed by atoms with Crippen molar-refractivity contribution in [3.8, 4) is 0 Å². The summed E-state index contributed by atoms with van der Waals surface area (Å²) in [6.07, 6.45) is -0.105. The van der Waals surface area contributed by atoms with Crippen LogP contribution in [0.15, 0.2) is 36.9 Å². The van der Waals surface area contributed by atoms with E-state index in [4.69, 9.17) is 47.0 Å². The summed E-state index contributed by atoms with van der Waals surface area (Å²) in [4.78, 5) is 23.1. The van der Waals surface area contributed by atoms with Crippen LogP contribution in [0.5, 0.6) is 0 Å². The topological polar surface area (TPSA) is 79.5 Å². The molecule has 0 spiro atoms. The smallest absolute Gasteiger partial charge is 0.339 e. The quantitative estimate of drug-likeness (QED) is 0.228. The van der Waals surface area contributed by atoms with Crippen LogP contribution in [-0.2, 0) is 9.53 Å². The Hall–Kier alpha value is -1.54. The maximum Gasteiger partial charge on any atom is 0.339 e. The number of hydrogen-bond acceptors (Lipinski definition) is 4. The molecule has 0 radical (unpaired) electrons. The maximum atomic E-state index is 11.7. The number of esters is 1. The lowest BCUT2D eigenvalue weighted by molar-refractivity contribution is -0.117. The molecule has 10 heteroatoms. The second-order valence-electron chi connectivity index (χ2n) is 4.32. The van der Waals surface area contributed by atoms with Crippen molar-refractivity contribution in [2.24, 2.45) is 0 Å². The summed E-state index contributed by atoms with van der Waals surface area (Å²) in [5.41, 5.74) is 0.657. The SMILES string of the molecule is C=CC(=O)N[C@@H](NC(=S)Nc1ccccc1C(=O)OC)C(Cl)(Cl)Cl. The van der Waals surface area contributed by atoms with E-state index in [2.05, 4.69) is 27.3 Å². The zero-order valence-corrected chi connectivity index (χ0v) is 15.5. The van der Waals surface area contributed by atoms with Gasteiger partial charge in [-0.25, -0.2) is 4.79 Å². The molecule has 0 unspecified atom stereocenters. The molecule has 1 rings (SSSR count). The van der Waals surface area contributed by atoms with Gasteiger partial charge in [0.1, 0.15) is 6.17 Å². The van der Waals surface area contributed by atoms with Crippen LogP contribution in [0.1, 0.15) is 10.4 Å². The Morgan fingerprint density at radius 3 is 2.46 bits per heavy atom. The molecule has 3 N–H and O–H groups in total. The number of hydrogen-bond donors (Lipinski definition) is 3. The second kappa shape index (κ2) is 9.08. The molecule has 0 aliphatic heterocycles. The number of carbonyl (C=O) groups is 2. The number of methoxy groups -OCH3 is 1. The van der Waals surface area contributed by atoms with Crippen molar-refractivity contribution in [2.75, 3.05) is 12.4 Å². The second-order valence-corrected chi connectivity index (χ2v) is 7.10. The van der Waals surface area contributed by atoms with E-state index in [1.807, 2.05) is 0 Å². The fraction of sp³-hybridized carbons (Fsp3) is 0.214. The van der Waals surface area contributed by atoms with E-state index >= 15 is 0 Å². The van der Waals surface area contributed by atoms with Gasteiger partial charge in [0.2, 0.25) is 9.70 Å². The third-order valence-corrected chi connectivity index (χ3v) is 3.53. The van der Waals surface area contributed by atoms with Crippen LogP contribution in [0.2, 0.25) is 0 Å². The molecule has 0 aromatic heterocycles. The van der Waals surface area contributed by atoms with Gasteiger partial charge in [-0.05, 0) is 30.4 Å². The van der Waals surface area contributed by atoms with Gasteiger partial charge in [0.05, 0.1) is 18.4 Å². The van der Waals surface area contributed by atoms with Crippen molar-refractivity contribution in [1.82, 2.24) is 10.6 Å². The molecule has 0 aliphatic carbocycles. The number of alkyl halides is 3. The Morgan fingerprint density at radius 1 is 1.29 bits per heavy atom. The van der Waals surface area contributed by atoms with E-state index in [0.717, 1.165) is 6.08 Å². The molecule has 0 aliphatic rings. The molecular formula is C14H14Cl3N3O3S. The first-order valence-corrected chi connectivity index (χ1v) is 7.97. The fourth-order valence-corrected chi connectivity index (χ4v) is 2.13. The number of para-hydroxylation sites is 1. The van der Waals surface area contributed by atoms with E-state index in [-0.39, 0.29) is 10.7 Å². The summed E-state index contributed by atoms with van der Waals surface area (Å²) in [6, 6.07) is 6.54. The number of nitrogens with one attached hydrogen (secondary N) is 3. The molecule has 1 atom stereocenters. The first-order chi connectivity index (χ1) is 11.2. The lowest BCUT2D eigenvalue weighted by Gasteiger charge is -2.27. The van der Waals surface area contributed by atoms with Gasteiger partial charge in [-0.15, -0.1) is 0 Å². The number of anilines is 1. The Labute approximate surface area is 159 Å². The van der Waals surface area contributed by atoms with E-state index in [0.29, 0.717) is 5.69 Å². The van der Waals surface area contributed by atoms with Gasteiger partial charge >= 0.3 is 5.97 Å². The van der Waals surface area contributed by atoms with Gasteiger partial charge in [0.25, 0.3) is 0 Å². The number of amides is 1. The third-order valence-electron chi connectivity index (χ3n) is 2.66. The minimum absolute atomic E-state index is 0.0204. The highest BCUT2D eigenvalue weighted by Gasteiger charge is 2.34. The van der Waals surface area contributed by atoms with E-state index in [1.165, 1.54) is 7.11 Å². The molecule has 1 amide bonds. The molecule has 6 nitrogen and oxygen atoms in total. The van der Waals surface area contributed by atoms with E-state index in [9.17, 15) is 9.59 Å². The van der Waals surface area contributed by atoms with Crippen LogP contribution in [0.4, 0.5) is 5.69 Å². The van der Waals surface area contributed by atoms with E-state index in [1.54, 1.807) is 24.3 Å². The third kappa shape index (κ3) is 6.16. The highest BCUT2D eigenvalue weighted by atomic mass is 35.6. The Bertz CT molecular complexity index is 650. The summed E-state index contributed by atoms with van der Waals surface area (Å²) < 4.78 is 2.80. The summed E-state index contributed by atoms with van der Waals surface area (Å²) in [7, 11) is 1.26. The number of thiocarbonyl (C=S) groups is 1. The van der Waals surface area contributed by atoms with E-state index < -0.39 is 21.8 Å². The van der Waals surface area contributed by atoms with Crippen LogP contribution in [0, 0.1) is 0 Å². The molecule has 0 fully saturated rings. The average molecular weight is 411 g/mol. The first-order valence-electron chi connectivity index (χ1n) is 6.43. The van der Waals surface area contributed by atoms with Gasteiger partial charge in [0.15, 0.2) is 5.11 Å². The Balaban J connectivity index is 2.89. The number of carbonyl (C=O) groups excluding carboxylic acids is 2. The van der Waals surface area contributed by atoms with Crippen LogP contribution >= 0.6 is 47.0 Å². The molecule has 0 saturated heterocycles. The fourth-order valence-electron chi connectivity index (χ4n) is 1.57. The Morgan fingerprint density at radius 2 is 1.92 bits per heavy atom. The normalized spacial score (nSPS) is 11.8. The lowest BCUT2D eigenvalue weighted by Crippen LogP contribution is -2.55. The van der Waals surface area contributed by atoms with Crippen molar-refractivity contribution in [2.45, 2.75) is 9.96 Å². The number of halogens is 3. The zero-order valence-electron chi connectivity index (χ0n) is 12.4. The molecule has 1 aromatic carbocycles. The molecule has 0 bridgehead atoms. The minimum Gasteiger partial charge on any atom is -0.465 e. The highest BCUT2D eigenvalue weighted by molar-refractivity contribution is 7.80. The van der Waals surface area contributed by atoms with Crippen LogP contribution in [0.25, 0.3) is 0 Å². The standard InChI is InChI=1S/C14H14Cl3N3O3S/c1-3-10(21)19-12(14(15,16)17)20-13(24)18-9-7-5-4-6-8(9)11(22)23-2/h3-7,12H,1H2,2H3,(H,19,21)(H2,18,20,24)/t12-/m0/s1. The summed E-state index contributed by atoms with van der Waals surface area (Å²) in [5, 5.41) is 7.84. The minimum atomic E-state index is -1.88. The van der Waals surface area contributed by atoms with Crippen molar-refractivity contribution in [1.29, 1.82) is 0 Å². The van der Waals surface area contributed by atoms with Gasteiger partial charge in [-0.2, -0.15) is 0 Å². The predicted octanol–water partition coefficient (Wildman–Crippen LogP) is 2.76. The van der Waals surface area contributed by atoms with Gasteiger partial charge in [0, 0.05) is 0 Å². The largest absolute Gasteiger partial charge is 0.465 e. The van der Waals surface area contributed by atoms with Crippen LogP contribution in [0.3, 0.4) is 0 Å². The van der Waals surface area contributed by atoms with Crippen molar-refractivity contribution in [3.63, 3.8) is 0 Å². The maximum absolute atomic E-state index is 11.7.